The minimum absolute atomic E-state index is 0.279. The van der Waals surface area contributed by atoms with Crippen LogP contribution in [0.15, 0.2) is 48.5 Å². The van der Waals surface area contributed by atoms with Crippen LogP contribution < -0.4 is 0 Å². The standard InChI is InChI=1S/C16H15O2P/c1-13-2-4-14(5-3-13)6-7-15-8-10-16(11-9-15)12-18-19-17/h2-11H,12H2,1H3/b7-6+. The molecule has 2 aromatic carbocycles. The lowest BCUT2D eigenvalue weighted by atomic mass is 10.1. The summed E-state index contributed by atoms with van der Waals surface area (Å²) < 4.78 is 15.0. The largest absolute Gasteiger partial charge is 0.327 e. The van der Waals surface area contributed by atoms with Crippen LogP contribution in [0.25, 0.3) is 12.2 Å². The normalized spacial score (nSPS) is 11.2. The van der Waals surface area contributed by atoms with Crippen molar-refractivity contribution < 1.29 is 9.09 Å². The van der Waals surface area contributed by atoms with Gasteiger partial charge in [-0.2, -0.15) is 0 Å². The molecule has 96 valence electrons. The molecule has 0 amide bonds. The molecule has 2 rings (SSSR count). The van der Waals surface area contributed by atoms with E-state index >= 15 is 0 Å². The van der Waals surface area contributed by atoms with E-state index in [1.165, 1.54) is 11.1 Å². The zero-order valence-corrected chi connectivity index (χ0v) is 11.6. The van der Waals surface area contributed by atoms with Gasteiger partial charge in [0.1, 0.15) is 0 Å². The van der Waals surface area contributed by atoms with Crippen molar-refractivity contribution in [3.63, 3.8) is 0 Å². The average Bonchev–Trinajstić information content (AvgIpc) is 2.46. The van der Waals surface area contributed by atoms with E-state index in [-0.39, 0.29) is 8.69 Å². The first-order valence-corrected chi connectivity index (χ1v) is 6.79. The van der Waals surface area contributed by atoms with Gasteiger partial charge in [-0.05, 0) is 23.6 Å². The Balaban J connectivity index is 2.02. The molecule has 0 aromatic heterocycles. The van der Waals surface area contributed by atoms with Crippen molar-refractivity contribution in [1.29, 1.82) is 0 Å². The van der Waals surface area contributed by atoms with Gasteiger partial charge in [0.2, 0.25) is 0 Å². The molecule has 3 heteroatoms. The van der Waals surface area contributed by atoms with E-state index in [2.05, 4.69) is 43.3 Å². The fourth-order valence-corrected chi connectivity index (χ4v) is 1.90. The molecule has 0 aliphatic heterocycles. The van der Waals surface area contributed by atoms with E-state index in [4.69, 9.17) is 4.52 Å². The van der Waals surface area contributed by atoms with Crippen molar-refractivity contribution >= 4 is 20.8 Å². The highest BCUT2D eigenvalue weighted by Gasteiger charge is 1.93. The molecule has 0 N–H and O–H groups in total. The zero-order chi connectivity index (χ0) is 13.5. The summed E-state index contributed by atoms with van der Waals surface area (Å²) in [7, 11) is -0.279. The maximum absolute atomic E-state index is 10.2. The fraction of sp³-hybridized carbons (Fsp3) is 0.125. The van der Waals surface area contributed by atoms with Gasteiger partial charge in [0, 0.05) is 0 Å². The maximum atomic E-state index is 10.2. The summed E-state index contributed by atoms with van der Waals surface area (Å²) in [6.45, 7) is 2.45. The Labute approximate surface area is 115 Å². The Bertz CT molecular complexity index is 556. The quantitative estimate of drug-likeness (QED) is 0.571. The first-order valence-electron chi connectivity index (χ1n) is 6.06. The monoisotopic (exact) mass is 270 g/mol. The van der Waals surface area contributed by atoms with Crippen molar-refractivity contribution in [2.75, 3.05) is 0 Å². The summed E-state index contributed by atoms with van der Waals surface area (Å²) in [6, 6.07) is 16.4. The van der Waals surface area contributed by atoms with Gasteiger partial charge in [-0.3, -0.25) is 4.52 Å². The molecule has 0 bridgehead atoms. The SMILES string of the molecule is Cc1ccc(/C=C/c2ccc(COP=O)cc2)cc1. The molecule has 0 aliphatic rings. The highest BCUT2D eigenvalue weighted by atomic mass is 31.1. The van der Waals surface area contributed by atoms with Crippen LogP contribution in [-0.4, -0.2) is 0 Å². The van der Waals surface area contributed by atoms with Gasteiger partial charge in [0.05, 0.1) is 6.61 Å². The van der Waals surface area contributed by atoms with Crippen LogP contribution in [-0.2, 0) is 15.7 Å². The number of hydrogen-bond acceptors (Lipinski definition) is 2. The number of rotatable bonds is 5. The van der Waals surface area contributed by atoms with Gasteiger partial charge in [-0.15, -0.1) is 0 Å². The Kier molecular flexibility index (Phi) is 5.02. The number of benzene rings is 2. The summed E-state index contributed by atoms with van der Waals surface area (Å²) in [4.78, 5) is 0. The van der Waals surface area contributed by atoms with Gasteiger partial charge >= 0.3 is 8.69 Å². The first kappa shape index (κ1) is 13.7. The maximum Gasteiger partial charge on any atom is 0.327 e. The molecule has 0 heterocycles. The van der Waals surface area contributed by atoms with Gasteiger partial charge in [0.15, 0.2) is 0 Å². The lowest BCUT2D eigenvalue weighted by molar-refractivity contribution is 0.332. The molecule has 0 unspecified atom stereocenters. The fourth-order valence-electron chi connectivity index (χ4n) is 1.70. The summed E-state index contributed by atoms with van der Waals surface area (Å²) >= 11 is 0. The molecule has 0 spiro atoms. The van der Waals surface area contributed by atoms with Crippen molar-refractivity contribution in [2.24, 2.45) is 0 Å². The van der Waals surface area contributed by atoms with E-state index < -0.39 is 0 Å². The third-order valence-electron chi connectivity index (χ3n) is 2.81. The molecule has 0 aliphatic carbocycles. The molecule has 19 heavy (non-hydrogen) atoms. The van der Waals surface area contributed by atoms with E-state index in [9.17, 15) is 4.57 Å². The smallest absolute Gasteiger partial charge is 0.290 e. The van der Waals surface area contributed by atoms with E-state index in [0.29, 0.717) is 6.61 Å². The van der Waals surface area contributed by atoms with Crippen molar-refractivity contribution in [3.05, 3.63) is 70.8 Å². The van der Waals surface area contributed by atoms with Crippen LogP contribution in [0, 0.1) is 6.92 Å². The first-order chi connectivity index (χ1) is 9.28. The third-order valence-corrected chi connectivity index (χ3v) is 3.04. The number of aryl methyl sites for hydroxylation is 1. The Morgan fingerprint density at radius 3 is 2.00 bits per heavy atom. The second-order valence-electron chi connectivity index (χ2n) is 4.33. The summed E-state index contributed by atoms with van der Waals surface area (Å²) in [5.41, 5.74) is 4.59. The summed E-state index contributed by atoms with van der Waals surface area (Å²) in [6.07, 6.45) is 4.16. The van der Waals surface area contributed by atoms with Crippen LogP contribution in [0.4, 0.5) is 0 Å². The molecule has 0 radical (unpaired) electrons. The second-order valence-corrected chi connectivity index (χ2v) is 4.74. The van der Waals surface area contributed by atoms with Crippen molar-refractivity contribution in [2.45, 2.75) is 13.5 Å². The predicted octanol–water partition coefficient (Wildman–Crippen LogP) is 4.89. The minimum Gasteiger partial charge on any atom is -0.290 e. The van der Waals surface area contributed by atoms with Gasteiger partial charge in [-0.1, -0.05) is 66.2 Å². The minimum atomic E-state index is -0.279. The summed E-state index contributed by atoms with van der Waals surface area (Å²) in [5.74, 6) is 0. The van der Waals surface area contributed by atoms with Gasteiger partial charge in [-0.25, -0.2) is 4.57 Å². The van der Waals surface area contributed by atoms with Crippen LogP contribution >= 0.6 is 8.69 Å². The molecular formula is C16H15O2P. The highest BCUT2D eigenvalue weighted by Crippen LogP contribution is 2.12. The van der Waals surface area contributed by atoms with Crippen LogP contribution in [0.2, 0.25) is 0 Å². The topological polar surface area (TPSA) is 26.3 Å². The van der Waals surface area contributed by atoms with Crippen LogP contribution in [0.5, 0.6) is 0 Å². The second kappa shape index (κ2) is 6.98. The zero-order valence-electron chi connectivity index (χ0n) is 10.7. The molecule has 2 aromatic rings. The Morgan fingerprint density at radius 1 is 0.947 bits per heavy atom. The summed E-state index contributed by atoms with van der Waals surface area (Å²) in [5, 5.41) is 0. The van der Waals surface area contributed by atoms with Crippen LogP contribution in [0.1, 0.15) is 22.3 Å². The molecule has 0 saturated heterocycles. The lowest BCUT2D eigenvalue weighted by Crippen LogP contribution is -1.83. The Morgan fingerprint density at radius 2 is 1.47 bits per heavy atom. The molecule has 0 fully saturated rings. The Hall–Kier alpha value is -1.76. The van der Waals surface area contributed by atoms with E-state index in [0.717, 1.165) is 11.1 Å². The van der Waals surface area contributed by atoms with E-state index in [1.54, 1.807) is 0 Å². The molecule has 0 saturated carbocycles. The van der Waals surface area contributed by atoms with Gasteiger partial charge < -0.3 is 0 Å². The van der Waals surface area contributed by atoms with Crippen LogP contribution in [0.3, 0.4) is 0 Å². The molecule has 2 nitrogen and oxygen atoms in total. The van der Waals surface area contributed by atoms with Crippen molar-refractivity contribution in [3.8, 4) is 0 Å². The number of hydrogen-bond donors (Lipinski definition) is 0. The lowest BCUT2D eigenvalue weighted by Gasteiger charge is -1.99. The molecular weight excluding hydrogens is 255 g/mol. The highest BCUT2D eigenvalue weighted by molar-refractivity contribution is 7.17. The van der Waals surface area contributed by atoms with E-state index in [1.807, 2.05) is 24.3 Å². The van der Waals surface area contributed by atoms with Gasteiger partial charge in [0.25, 0.3) is 0 Å². The molecule has 0 atom stereocenters. The predicted molar refractivity (Wildman–Crippen MR) is 78.9 cm³/mol. The van der Waals surface area contributed by atoms with Crippen molar-refractivity contribution in [1.82, 2.24) is 0 Å². The third kappa shape index (κ3) is 4.44. The average molecular weight is 270 g/mol.